The number of halogens is 3. The van der Waals surface area contributed by atoms with E-state index in [0.717, 1.165) is 11.3 Å². The van der Waals surface area contributed by atoms with Gasteiger partial charge in [-0.15, -0.1) is 0 Å². The molecule has 1 unspecified atom stereocenters. The molecule has 26 heavy (non-hydrogen) atoms. The van der Waals surface area contributed by atoms with Gasteiger partial charge in [0, 0.05) is 24.7 Å². The molecule has 0 amide bonds. The maximum Gasteiger partial charge on any atom is 0.312 e. The van der Waals surface area contributed by atoms with Gasteiger partial charge < -0.3 is 9.75 Å². The molecule has 0 aliphatic carbocycles. The number of hydrogen-bond acceptors (Lipinski definition) is 4. The van der Waals surface area contributed by atoms with E-state index in [4.69, 9.17) is 27.9 Å². The first-order valence-electron chi connectivity index (χ1n) is 8.36. The first-order chi connectivity index (χ1) is 12.5. The average molecular weight is 397 g/mol. The van der Waals surface area contributed by atoms with Crippen molar-refractivity contribution in [3.05, 3.63) is 63.9 Å². The van der Waals surface area contributed by atoms with E-state index in [1.54, 1.807) is 31.2 Å². The fraction of sp³-hybridized carbons (Fsp3) is 0.316. The van der Waals surface area contributed by atoms with E-state index in [-0.39, 0.29) is 17.7 Å². The molecule has 2 aromatic rings. The summed E-state index contributed by atoms with van der Waals surface area (Å²) in [7, 11) is 0. The van der Waals surface area contributed by atoms with E-state index >= 15 is 0 Å². The Morgan fingerprint density at radius 2 is 1.92 bits per heavy atom. The van der Waals surface area contributed by atoms with E-state index in [0.29, 0.717) is 36.3 Å². The van der Waals surface area contributed by atoms with Crippen LogP contribution in [0.4, 0.5) is 10.1 Å². The standard InChI is InChI=1S/C19H19Cl2FN2O2/c1-2-26-19(25)14-11-23(10-13-3-6-16(22)7-4-13)24(12-14)18-8-5-15(20)9-17(18)21/h3-9,14H,2,10-12H2,1H3. The van der Waals surface area contributed by atoms with Crippen molar-refractivity contribution in [2.45, 2.75) is 13.5 Å². The molecule has 0 N–H and O–H groups in total. The lowest BCUT2D eigenvalue weighted by Crippen LogP contribution is -2.36. The van der Waals surface area contributed by atoms with Crippen molar-refractivity contribution in [3.63, 3.8) is 0 Å². The SMILES string of the molecule is CCOC(=O)C1CN(Cc2ccc(F)cc2)N(c2ccc(Cl)cc2Cl)C1. The Hall–Kier alpha value is -1.82. The molecule has 1 heterocycles. The van der Waals surface area contributed by atoms with E-state index in [1.165, 1.54) is 12.1 Å². The topological polar surface area (TPSA) is 32.8 Å². The van der Waals surface area contributed by atoms with Gasteiger partial charge in [0.15, 0.2) is 0 Å². The molecule has 138 valence electrons. The summed E-state index contributed by atoms with van der Waals surface area (Å²) >= 11 is 12.4. The van der Waals surface area contributed by atoms with Crippen LogP contribution in [-0.2, 0) is 16.1 Å². The fourth-order valence-corrected chi connectivity index (χ4v) is 3.54. The van der Waals surface area contributed by atoms with Gasteiger partial charge in [-0.2, -0.15) is 0 Å². The zero-order chi connectivity index (χ0) is 18.7. The molecule has 1 fully saturated rings. The van der Waals surface area contributed by atoms with Crippen LogP contribution in [0.3, 0.4) is 0 Å². The smallest absolute Gasteiger partial charge is 0.312 e. The van der Waals surface area contributed by atoms with Crippen molar-refractivity contribution in [3.8, 4) is 0 Å². The van der Waals surface area contributed by atoms with Gasteiger partial charge >= 0.3 is 5.97 Å². The number of carbonyl (C=O) groups excluding carboxylic acids is 1. The van der Waals surface area contributed by atoms with Gasteiger partial charge in [-0.3, -0.25) is 4.79 Å². The summed E-state index contributed by atoms with van der Waals surface area (Å²) in [4.78, 5) is 12.2. The molecular formula is C19H19Cl2FN2O2. The molecule has 4 nitrogen and oxygen atoms in total. The first-order valence-corrected chi connectivity index (χ1v) is 9.12. The summed E-state index contributed by atoms with van der Waals surface area (Å²) in [6.45, 7) is 3.61. The van der Waals surface area contributed by atoms with Gasteiger partial charge in [-0.25, -0.2) is 9.40 Å². The maximum atomic E-state index is 13.2. The Morgan fingerprint density at radius 1 is 1.19 bits per heavy atom. The molecule has 1 aliphatic heterocycles. The molecule has 7 heteroatoms. The summed E-state index contributed by atoms with van der Waals surface area (Å²) in [5.74, 6) is -0.802. The molecule has 1 atom stereocenters. The van der Waals surface area contributed by atoms with Gasteiger partial charge in [0.05, 0.1) is 23.2 Å². The van der Waals surface area contributed by atoms with Crippen molar-refractivity contribution >= 4 is 34.9 Å². The van der Waals surface area contributed by atoms with Crippen LogP contribution in [-0.4, -0.2) is 30.7 Å². The van der Waals surface area contributed by atoms with E-state index in [9.17, 15) is 9.18 Å². The zero-order valence-corrected chi connectivity index (χ0v) is 15.8. The normalized spacial score (nSPS) is 17.5. The fourth-order valence-electron chi connectivity index (χ4n) is 3.04. The maximum absolute atomic E-state index is 13.2. The second kappa shape index (κ2) is 8.25. The number of benzene rings is 2. The number of rotatable bonds is 5. The third kappa shape index (κ3) is 4.29. The van der Waals surface area contributed by atoms with Crippen molar-refractivity contribution in [2.24, 2.45) is 5.92 Å². The van der Waals surface area contributed by atoms with Crippen LogP contribution in [0.2, 0.25) is 10.0 Å². The molecule has 2 aromatic carbocycles. The highest BCUT2D eigenvalue weighted by atomic mass is 35.5. The number of ether oxygens (including phenoxy) is 1. The van der Waals surface area contributed by atoms with Crippen LogP contribution < -0.4 is 5.01 Å². The number of anilines is 1. The summed E-state index contributed by atoms with van der Waals surface area (Å²) in [6, 6.07) is 11.6. The van der Waals surface area contributed by atoms with Crippen LogP contribution in [0.1, 0.15) is 12.5 Å². The molecule has 0 radical (unpaired) electrons. The Kier molecular flexibility index (Phi) is 6.01. The minimum atomic E-state index is -0.290. The van der Waals surface area contributed by atoms with Gasteiger partial charge in [0.25, 0.3) is 0 Å². The predicted molar refractivity (Wildman–Crippen MR) is 101 cm³/mol. The van der Waals surface area contributed by atoms with Gasteiger partial charge in [-0.1, -0.05) is 35.3 Å². The largest absolute Gasteiger partial charge is 0.466 e. The molecule has 3 rings (SSSR count). The molecule has 0 spiro atoms. The van der Waals surface area contributed by atoms with Gasteiger partial charge in [0.1, 0.15) is 5.82 Å². The third-order valence-electron chi connectivity index (χ3n) is 4.25. The van der Waals surface area contributed by atoms with Crippen molar-refractivity contribution in [2.75, 3.05) is 24.7 Å². The van der Waals surface area contributed by atoms with Crippen LogP contribution >= 0.6 is 23.2 Å². The van der Waals surface area contributed by atoms with Gasteiger partial charge in [-0.05, 0) is 42.8 Å². The van der Waals surface area contributed by atoms with Crippen LogP contribution in [0.25, 0.3) is 0 Å². The average Bonchev–Trinajstić information content (AvgIpc) is 3.01. The van der Waals surface area contributed by atoms with E-state index in [1.807, 2.05) is 16.1 Å². The lowest BCUT2D eigenvalue weighted by atomic mass is 10.1. The quantitative estimate of drug-likeness (QED) is 0.694. The lowest BCUT2D eigenvalue weighted by molar-refractivity contribution is -0.147. The Bertz CT molecular complexity index is 786. The van der Waals surface area contributed by atoms with Gasteiger partial charge in [0.2, 0.25) is 0 Å². The first kappa shape index (κ1) is 19.0. The predicted octanol–water partition coefficient (Wildman–Crippen LogP) is 4.55. The molecule has 0 bridgehead atoms. The molecule has 1 saturated heterocycles. The molecule has 0 saturated carbocycles. The van der Waals surface area contributed by atoms with Crippen LogP contribution in [0.5, 0.6) is 0 Å². The number of hydrogen-bond donors (Lipinski definition) is 0. The van der Waals surface area contributed by atoms with Crippen molar-refractivity contribution in [1.29, 1.82) is 0 Å². The highest BCUT2D eigenvalue weighted by Gasteiger charge is 2.36. The molecule has 0 aromatic heterocycles. The lowest BCUT2D eigenvalue weighted by Gasteiger charge is -2.30. The van der Waals surface area contributed by atoms with E-state index < -0.39 is 0 Å². The number of esters is 1. The summed E-state index contributed by atoms with van der Waals surface area (Å²) < 4.78 is 18.3. The number of nitrogens with zero attached hydrogens (tertiary/aromatic N) is 2. The zero-order valence-electron chi connectivity index (χ0n) is 14.3. The number of carbonyl (C=O) groups is 1. The van der Waals surface area contributed by atoms with Crippen LogP contribution in [0, 0.1) is 11.7 Å². The Morgan fingerprint density at radius 3 is 2.58 bits per heavy atom. The third-order valence-corrected chi connectivity index (χ3v) is 4.79. The second-order valence-corrected chi connectivity index (χ2v) is 6.94. The minimum absolute atomic E-state index is 0.232. The monoisotopic (exact) mass is 396 g/mol. The molecule has 1 aliphatic rings. The highest BCUT2D eigenvalue weighted by molar-refractivity contribution is 6.36. The summed E-state index contributed by atoms with van der Waals surface area (Å²) in [5.41, 5.74) is 1.70. The van der Waals surface area contributed by atoms with Crippen molar-refractivity contribution < 1.29 is 13.9 Å². The Balaban J connectivity index is 1.86. The Labute approximate surface area is 162 Å². The summed E-state index contributed by atoms with van der Waals surface area (Å²) in [5, 5.41) is 5.03. The molecular weight excluding hydrogens is 378 g/mol. The van der Waals surface area contributed by atoms with Crippen LogP contribution in [0.15, 0.2) is 42.5 Å². The second-order valence-electron chi connectivity index (χ2n) is 6.10. The minimum Gasteiger partial charge on any atom is -0.466 e. The van der Waals surface area contributed by atoms with Crippen molar-refractivity contribution in [1.82, 2.24) is 5.01 Å². The van der Waals surface area contributed by atoms with E-state index in [2.05, 4.69) is 0 Å². The number of hydrazine groups is 1. The summed E-state index contributed by atoms with van der Waals surface area (Å²) in [6.07, 6.45) is 0. The highest BCUT2D eigenvalue weighted by Crippen LogP contribution is 2.34.